The summed E-state index contributed by atoms with van der Waals surface area (Å²) in [4.78, 5) is 28.2. The van der Waals surface area contributed by atoms with Crippen LogP contribution in [0, 0.1) is 0 Å². The molecule has 1 aliphatic carbocycles. The van der Waals surface area contributed by atoms with Gasteiger partial charge >= 0.3 is 0 Å². The molecule has 2 aromatic heterocycles. The molecule has 33 heavy (non-hydrogen) atoms. The molecule has 2 saturated heterocycles. The third-order valence-corrected chi connectivity index (χ3v) is 7.32. The lowest BCUT2D eigenvalue weighted by molar-refractivity contribution is 0.0884. The Kier molecular flexibility index (Phi) is 6.40. The highest BCUT2D eigenvalue weighted by molar-refractivity contribution is 6.03. The molecule has 2 aromatic rings. The van der Waals surface area contributed by atoms with Crippen LogP contribution in [0.4, 0.5) is 11.5 Å². The van der Waals surface area contributed by atoms with E-state index < -0.39 is 6.50 Å². The minimum atomic E-state index is -1.34. The summed E-state index contributed by atoms with van der Waals surface area (Å²) in [5, 5.41) is 2.86. The van der Waals surface area contributed by atoms with Crippen LogP contribution >= 0.6 is 0 Å². The van der Waals surface area contributed by atoms with Crippen molar-refractivity contribution in [1.82, 2.24) is 19.8 Å². The van der Waals surface area contributed by atoms with Gasteiger partial charge in [0, 0.05) is 59.0 Å². The third-order valence-electron chi connectivity index (χ3n) is 7.32. The van der Waals surface area contributed by atoms with Gasteiger partial charge in [-0.1, -0.05) is 18.9 Å². The maximum Gasteiger partial charge on any atom is 0.274 e. The second kappa shape index (κ2) is 10.6. The van der Waals surface area contributed by atoms with Crippen molar-refractivity contribution < 1.29 is 7.54 Å². The maximum atomic E-state index is 12.7. The largest absolute Gasteiger partial charge is 0.355 e. The van der Waals surface area contributed by atoms with Crippen LogP contribution in [0.3, 0.4) is 0 Å². The molecule has 0 aromatic carbocycles. The number of amides is 1. The standard InChI is InChI=1S/C26H36N6O/c33-26(28-21-9-13-27-14-10-21)24-7-3-8-25(29-24)32-16-4-15-30(19-20-32)23-11-17-31(18-12-23)22-5-1-2-6-22/h3,7-10,13-14,22-23H,1-2,4-6,11-12,15-20H2,(H,27,28,33)/i15D2. The van der Waals surface area contributed by atoms with Gasteiger partial charge in [-0.05, 0) is 69.5 Å². The molecule has 0 radical (unpaired) electrons. The van der Waals surface area contributed by atoms with E-state index in [1.807, 2.05) is 12.1 Å². The van der Waals surface area contributed by atoms with E-state index in [-0.39, 0.29) is 11.9 Å². The van der Waals surface area contributed by atoms with Gasteiger partial charge < -0.3 is 15.1 Å². The number of hydrogen-bond donors (Lipinski definition) is 1. The first-order valence-electron chi connectivity index (χ1n) is 13.4. The van der Waals surface area contributed by atoms with E-state index in [4.69, 9.17) is 2.74 Å². The Labute approximate surface area is 200 Å². The zero-order valence-corrected chi connectivity index (χ0v) is 19.3. The van der Waals surface area contributed by atoms with E-state index in [1.165, 1.54) is 25.7 Å². The first-order valence-corrected chi connectivity index (χ1v) is 12.4. The van der Waals surface area contributed by atoms with E-state index >= 15 is 0 Å². The minimum absolute atomic E-state index is 0.265. The number of pyridine rings is 2. The van der Waals surface area contributed by atoms with E-state index in [0.29, 0.717) is 37.4 Å². The average Bonchev–Trinajstić information content (AvgIpc) is 3.37. The fraction of sp³-hybridized carbons (Fsp3) is 0.577. The molecular weight excluding hydrogens is 412 g/mol. The van der Waals surface area contributed by atoms with Crippen LogP contribution in [0.1, 0.15) is 58.2 Å². The molecular formula is C26H36N6O. The Morgan fingerprint density at radius 3 is 2.42 bits per heavy atom. The van der Waals surface area contributed by atoms with Gasteiger partial charge in [0.05, 0.1) is 0 Å². The number of piperidine rings is 1. The molecule has 2 aliphatic heterocycles. The highest BCUT2D eigenvalue weighted by Gasteiger charge is 2.30. The fourth-order valence-corrected chi connectivity index (χ4v) is 5.48. The van der Waals surface area contributed by atoms with Gasteiger partial charge in [0.15, 0.2) is 0 Å². The van der Waals surface area contributed by atoms with Crippen molar-refractivity contribution in [2.24, 2.45) is 0 Å². The number of nitrogens with zero attached hydrogens (tertiary/aromatic N) is 5. The molecule has 1 saturated carbocycles. The number of hydrogen-bond acceptors (Lipinski definition) is 6. The molecule has 0 unspecified atom stereocenters. The molecule has 7 nitrogen and oxygen atoms in total. The Morgan fingerprint density at radius 2 is 1.64 bits per heavy atom. The molecule has 4 heterocycles. The van der Waals surface area contributed by atoms with Crippen LogP contribution in [0.5, 0.6) is 0 Å². The summed E-state index contributed by atoms with van der Waals surface area (Å²) >= 11 is 0. The summed E-state index contributed by atoms with van der Waals surface area (Å²) in [5.41, 5.74) is 1.03. The number of nitrogens with one attached hydrogen (secondary N) is 1. The molecule has 176 valence electrons. The summed E-state index contributed by atoms with van der Waals surface area (Å²) in [6, 6.07) is 9.99. The molecule has 0 spiro atoms. The highest BCUT2D eigenvalue weighted by atomic mass is 16.1. The zero-order chi connectivity index (χ0) is 24.3. The smallest absolute Gasteiger partial charge is 0.274 e. The maximum absolute atomic E-state index is 12.7. The molecule has 5 rings (SSSR count). The van der Waals surface area contributed by atoms with Gasteiger partial charge in [0.25, 0.3) is 5.91 Å². The number of aromatic nitrogens is 2. The first kappa shape index (κ1) is 19.9. The van der Waals surface area contributed by atoms with Gasteiger partial charge in [-0.15, -0.1) is 0 Å². The van der Waals surface area contributed by atoms with Crippen LogP contribution in [0.25, 0.3) is 0 Å². The summed E-state index contributed by atoms with van der Waals surface area (Å²) in [7, 11) is 0. The summed E-state index contributed by atoms with van der Waals surface area (Å²) in [6.07, 6.45) is 11.1. The summed E-state index contributed by atoms with van der Waals surface area (Å²) < 4.78 is 17.7. The van der Waals surface area contributed by atoms with Crippen LogP contribution in [0.15, 0.2) is 42.7 Å². The number of carbonyl (C=O) groups is 1. The Bertz CT molecular complexity index is 992. The average molecular weight is 451 g/mol. The van der Waals surface area contributed by atoms with Crippen molar-refractivity contribution in [3.63, 3.8) is 0 Å². The molecule has 1 amide bonds. The Hall–Kier alpha value is -2.51. The van der Waals surface area contributed by atoms with Crippen LogP contribution < -0.4 is 10.2 Å². The molecule has 0 atom stereocenters. The number of likely N-dealkylation sites (tertiary alicyclic amines) is 1. The van der Waals surface area contributed by atoms with Gasteiger partial charge in [-0.2, -0.15) is 0 Å². The predicted molar refractivity (Wildman–Crippen MR) is 132 cm³/mol. The van der Waals surface area contributed by atoms with E-state index in [0.717, 1.165) is 37.8 Å². The quantitative estimate of drug-likeness (QED) is 0.750. The van der Waals surface area contributed by atoms with Gasteiger partial charge in [0.2, 0.25) is 0 Å². The van der Waals surface area contributed by atoms with E-state index in [9.17, 15) is 4.79 Å². The van der Waals surface area contributed by atoms with E-state index in [2.05, 4.69) is 30.0 Å². The SMILES string of the molecule is [2H]C1([2H])CCN(c2cccc(C(=O)Nc3ccncc3)n2)CCN1C1CCN(C2CCCC2)CC1. The lowest BCUT2D eigenvalue weighted by Crippen LogP contribution is -2.48. The Balaban J connectivity index is 1.22. The van der Waals surface area contributed by atoms with Gasteiger partial charge in [-0.3, -0.25) is 14.7 Å². The molecule has 3 aliphatic rings. The second-order valence-corrected chi connectivity index (χ2v) is 9.37. The van der Waals surface area contributed by atoms with Crippen LogP contribution in [-0.4, -0.2) is 77.0 Å². The molecule has 0 bridgehead atoms. The predicted octanol–water partition coefficient (Wildman–Crippen LogP) is 3.65. The lowest BCUT2D eigenvalue weighted by Gasteiger charge is -2.40. The number of carbonyl (C=O) groups excluding carboxylic acids is 1. The van der Waals surface area contributed by atoms with Crippen LogP contribution in [0.2, 0.25) is 0 Å². The third kappa shape index (κ3) is 5.53. The van der Waals surface area contributed by atoms with Crippen LogP contribution in [-0.2, 0) is 0 Å². The second-order valence-electron chi connectivity index (χ2n) is 9.37. The Morgan fingerprint density at radius 1 is 0.879 bits per heavy atom. The van der Waals surface area contributed by atoms with Crippen molar-refractivity contribution in [3.8, 4) is 0 Å². The van der Waals surface area contributed by atoms with Crippen molar-refractivity contribution in [2.45, 2.75) is 57.0 Å². The monoisotopic (exact) mass is 450 g/mol. The lowest BCUT2D eigenvalue weighted by atomic mass is 10.0. The minimum Gasteiger partial charge on any atom is -0.355 e. The van der Waals surface area contributed by atoms with Gasteiger partial charge in [-0.25, -0.2) is 4.98 Å². The molecule has 7 heteroatoms. The normalized spacial score (nSPS) is 24.2. The summed E-state index contributed by atoms with van der Waals surface area (Å²) in [6.45, 7) is 2.77. The highest BCUT2D eigenvalue weighted by Crippen LogP contribution is 2.28. The van der Waals surface area contributed by atoms with Crippen molar-refractivity contribution >= 4 is 17.4 Å². The topological polar surface area (TPSA) is 64.6 Å². The molecule has 1 N–H and O–H groups in total. The fourth-order valence-electron chi connectivity index (χ4n) is 5.48. The summed E-state index contributed by atoms with van der Waals surface area (Å²) in [5.74, 6) is 0.458. The number of anilines is 2. The first-order chi connectivity index (χ1) is 17.0. The zero-order valence-electron chi connectivity index (χ0n) is 21.3. The number of rotatable bonds is 5. The van der Waals surface area contributed by atoms with E-state index in [1.54, 1.807) is 30.6 Å². The molecule has 3 fully saturated rings. The van der Waals surface area contributed by atoms with Crippen molar-refractivity contribution in [2.75, 3.05) is 49.4 Å². The van der Waals surface area contributed by atoms with Crippen molar-refractivity contribution in [3.05, 3.63) is 48.4 Å². The van der Waals surface area contributed by atoms with Gasteiger partial charge in [0.1, 0.15) is 11.5 Å². The van der Waals surface area contributed by atoms with Crippen molar-refractivity contribution in [1.29, 1.82) is 0 Å².